The summed E-state index contributed by atoms with van der Waals surface area (Å²) in [5.41, 5.74) is -4.30. The molecule has 2 aromatic heterocycles. The van der Waals surface area contributed by atoms with E-state index in [1.807, 2.05) is 0 Å². The minimum Gasteiger partial charge on any atom is -0.493 e. The van der Waals surface area contributed by atoms with E-state index < -0.39 is 21.4 Å². The Kier molecular flexibility index (Phi) is 5.17. The fraction of sp³-hybridized carbons (Fsp3) is 0.273. The fourth-order valence-electron chi connectivity index (χ4n) is 3.53. The largest absolute Gasteiger partial charge is 0.534 e. The zero-order chi connectivity index (χ0) is 24.1. The molecule has 4 aromatic rings. The topological polar surface area (TPSA) is 92.5 Å². The molecule has 1 aliphatic heterocycles. The van der Waals surface area contributed by atoms with Crippen LogP contribution in [0.1, 0.15) is 6.92 Å². The number of hydrogen-bond acceptors (Lipinski definition) is 7. The Balaban J connectivity index is 1.48. The van der Waals surface area contributed by atoms with E-state index in [0.717, 1.165) is 6.07 Å². The van der Waals surface area contributed by atoms with Crippen LogP contribution in [0, 0.1) is 5.41 Å². The highest BCUT2D eigenvalue weighted by atomic mass is 32.2. The van der Waals surface area contributed by atoms with Crippen LogP contribution in [0.25, 0.3) is 27.8 Å². The molecule has 1 aliphatic rings. The molecule has 0 aliphatic carbocycles. The summed E-state index contributed by atoms with van der Waals surface area (Å²) in [4.78, 5) is 8.74. The number of imidazole rings is 1. The first kappa shape index (κ1) is 22.4. The Morgan fingerprint density at radius 1 is 1.15 bits per heavy atom. The van der Waals surface area contributed by atoms with E-state index in [0.29, 0.717) is 47.8 Å². The van der Waals surface area contributed by atoms with Gasteiger partial charge in [0.15, 0.2) is 5.75 Å². The number of para-hydroxylation sites is 1. The molecule has 34 heavy (non-hydrogen) atoms. The van der Waals surface area contributed by atoms with Crippen molar-refractivity contribution in [1.82, 2.24) is 14.5 Å². The Morgan fingerprint density at radius 3 is 2.65 bits per heavy atom. The summed E-state index contributed by atoms with van der Waals surface area (Å²) < 4.78 is 78.6. The monoisotopic (exact) mass is 493 g/mol. The van der Waals surface area contributed by atoms with E-state index in [9.17, 15) is 21.6 Å². The normalized spacial score (nSPS) is 15.9. The lowest BCUT2D eigenvalue weighted by atomic mass is 9.90. The number of nitrogens with zero attached hydrogens (tertiary/aromatic N) is 3. The van der Waals surface area contributed by atoms with Crippen LogP contribution in [0.2, 0.25) is 0 Å². The molecule has 0 radical (unpaired) electrons. The molecule has 178 valence electrons. The number of fused-ring (bicyclic) bond motifs is 2. The number of pyridine rings is 1. The fourth-order valence-corrected chi connectivity index (χ4v) is 4.00. The first-order valence-electron chi connectivity index (χ1n) is 10.1. The van der Waals surface area contributed by atoms with Gasteiger partial charge in [-0.05, 0) is 30.3 Å². The van der Waals surface area contributed by atoms with Crippen molar-refractivity contribution in [1.29, 1.82) is 0 Å². The maximum absolute atomic E-state index is 12.8. The maximum Gasteiger partial charge on any atom is 0.534 e. The Morgan fingerprint density at radius 2 is 1.94 bits per heavy atom. The molecule has 0 N–H and O–H groups in total. The highest BCUT2D eigenvalue weighted by Gasteiger charge is 2.48. The minimum absolute atomic E-state index is 0.0112. The van der Waals surface area contributed by atoms with Crippen molar-refractivity contribution in [3.63, 3.8) is 0 Å². The second kappa shape index (κ2) is 7.84. The molecule has 1 saturated heterocycles. The summed E-state index contributed by atoms with van der Waals surface area (Å²) in [6, 6.07) is 12.7. The molecule has 5 rings (SSSR count). The molecule has 3 heterocycles. The van der Waals surface area contributed by atoms with Crippen molar-refractivity contribution in [2.24, 2.45) is 5.41 Å². The van der Waals surface area contributed by atoms with E-state index in [2.05, 4.69) is 21.1 Å². The molecule has 0 atom stereocenters. The third-order valence-electron chi connectivity index (χ3n) is 5.41. The van der Waals surface area contributed by atoms with Gasteiger partial charge in [-0.2, -0.15) is 21.6 Å². The molecule has 0 amide bonds. The van der Waals surface area contributed by atoms with Gasteiger partial charge in [-0.15, -0.1) is 0 Å². The van der Waals surface area contributed by atoms with Gasteiger partial charge in [-0.3, -0.25) is 4.57 Å². The standard InChI is InChI=1S/C22H18F3N3O5S/c1-21(10-31-11-21)12-32-15-6-7-17-16(9-15)26-13-28(17)19-8-5-14-3-2-4-18(20(14)27-19)33-34(29,30)22(23,24)25/h2-9,13H,10-12H2,1H3. The van der Waals surface area contributed by atoms with E-state index in [-0.39, 0.29) is 10.9 Å². The second-order valence-corrected chi connectivity index (χ2v) is 9.88. The molecule has 0 spiro atoms. The number of aromatic nitrogens is 3. The summed E-state index contributed by atoms with van der Waals surface area (Å²) in [5.74, 6) is 0.443. The van der Waals surface area contributed by atoms with Gasteiger partial charge >= 0.3 is 15.6 Å². The Bertz CT molecular complexity index is 1500. The van der Waals surface area contributed by atoms with Gasteiger partial charge in [0, 0.05) is 16.9 Å². The summed E-state index contributed by atoms with van der Waals surface area (Å²) >= 11 is 0. The lowest BCUT2D eigenvalue weighted by Crippen LogP contribution is -2.44. The lowest BCUT2D eigenvalue weighted by molar-refractivity contribution is -0.120. The van der Waals surface area contributed by atoms with Gasteiger partial charge in [0.1, 0.15) is 23.4 Å². The molecule has 0 bridgehead atoms. The van der Waals surface area contributed by atoms with E-state index in [4.69, 9.17) is 9.47 Å². The van der Waals surface area contributed by atoms with Gasteiger partial charge in [-0.1, -0.05) is 19.1 Å². The number of ether oxygens (including phenoxy) is 2. The van der Waals surface area contributed by atoms with Gasteiger partial charge in [-0.25, -0.2) is 9.97 Å². The predicted molar refractivity (Wildman–Crippen MR) is 116 cm³/mol. The third-order valence-corrected chi connectivity index (χ3v) is 6.37. The molecule has 1 fully saturated rings. The van der Waals surface area contributed by atoms with Crippen molar-refractivity contribution in [3.05, 3.63) is 54.9 Å². The minimum atomic E-state index is -5.84. The number of rotatable bonds is 6. The maximum atomic E-state index is 12.8. The van der Waals surface area contributed by atoms with Crippen LogP contribution in [-0.2, 0) is 14.9 Å². The van der Waals surface area contributed by atoms with Crippen molar-refractivity contribution in [2.75, 3.05) is 19.8 Å². The Hall–Kier alpha value is -3.38. The van der Waals surface area contributed by atoms with Gasteiger partial charge in [0.05, 0.1) is 30.9 Å². The molecule has 0 unspecified atom stereocenters. The highest BCUT2D eigenvalue weighted by Crippen LogP contribution is 2.32. The van der Waals surface area contributed by atoms with Crippen LogP contribution in [0.4, 0.5) is 13.2 Å². The molecule has 12 heteroatoms. The molecular weight excluding hydrogens is 475 g/mol. The van der Waals surface area contributed by atoms with E-state index >= 15 is 0 Å². The first-order valence-corrected chi connectivity index (χ1v) is 11.5. The lowest BCUT2D eigenvalue weighted by Gasteiger charge is -2.37. The van der Waals surface area contributed by atoms with Crippen LogP contribution in [0.15, 0.2) is 54.9 Å². The van der Waals surface area contributed by atoms with Gasteiger partial charge < -0.3 is 13.7 Å². The zero-order valence-electron chi connectivity index (χ0n) is 17.7. The Labute approximate surface area is 192 Å². The third kappa shape index (κ3) is 4.03. The van der Waals surface area contributed by atoms with Crippen molar-refractivity contribution in [3.8, 4) is 17.3 Å². The molecule has 2 aromatic carbocycles. The van der Waals surface area contributed by atoms with Crippen LogP contribution in [0.5, 0.6) is 11.5 Å². The quantitative estimate of drug-likeness (QED) is 0.293. The molecular formula is C22H18F3N3O5S. The number of halogens is 3. The molecule has 8 nitrogen and oxygen atoms in total. The second-order valence-electron chi connectivity index (χ2n) is 8.34. The summed E-state index contributed by atoms with van der Waals surface area (Å²) in [7, 11) is -5.84. The number of alkyl halides is 3. The van der Waals surface area contributed by atoms with E-state index in [1.165, 1.54) is 12.4 Å². The number of benzene rings is 2. The summed E-state index contributed by atoms with van der Waals surface area (Å²) in [6.07, 6.45) is 1.51. The van der Waals surface area contributed by atoms with Crippen molar-refractivity contribution < 1.29 is 35.2 Å². The van der Waals surface area contributed by atoms with Gasteiger partial charge in [0.25, 0.3) is 0 Å². The van der Waals surface area contributed by atoms with Crippen LogP contribution in [0.3, 0.4) is 0 Å². The SMILES string of the molecule is CC1(COc2ccc3c(c2)ncn3-c2ccc3cccc(OS(=O)(=O)C(F)(F)F)c3n2)COC1. The number of hydrogen-bond donors (Lipinski definition) is 0. The van der Waals surface area contributed by atoms with Crippen LogP contribution in [-0.4, -0.2) is 48.3 Å². The van der Waals surface area contributed by atoms with Crippen LogP contribution >= 0.6 is 0 Å². The van der Waals surface area contributed by atoms with Crippen molar-refractivity contribution in [2.45, 2.75) is 12.4 Å². The predicted octanol–water partition coefficient (Wildman–Crippen LogP) is 4.22. The first-order chi connectivity index (χ1) is 16.0. The average molecular weight is 493 g/mol. The average Bonchev–Trinajstić information content (AvgIpc) is 3.18. The molecule has 0 saturated carbocycles. The van der Waals surface area contributed by atoms with E-state index in [1.54, 1.807) is 41.0 Å². The summed E-state index contributed by atoms with van der Waals surface area (Å²) in [5, 5.41) is 0.409. The smallest absolute Gasteiger partial charge is 0.493 e. The zero-order valence-corrected chi connectivity index (χ0v) is 18.6. The highest BCUT2D eigenvalue weighted by molar-refractivity contribution is 7.88. The summed E-state index contributed by atoms with van der Waals surface area (Å²) in [6.45, 7) is 3.88. The van der Waals surface area contributed by atoms with Crippen molar-refractivity contribution >= 4 is 32.1 Å². The van der Waals surface area contributed by atoms with Gasteiger partial charge in [0.2, 0.25) is 0 Å². The van der Waals surface area contributed by atoms with Crippen LogP contribution < -0.4 is 8.92 Å².